The van der Waals surface area contributed by atoms with Gasteiger partial charge in [0.2, 0.25) is 0 Å². The molecule has 22 heavy (non-hydrogen) atoms. The molecule has 1 aromatic carbocycles. The molecule has 1 heterocycles. The van der Waals surface area contributed by atoms with Crippen LogP contribution in [0.5, 0.6) is 11.5 Å². The Bertz CT molecular complexity index is 635. The van der Waals surface area contributed by atoms with Crippen LogP contribution in [0.1, 0.15) is 22.3 Å². The van der Waals surface area contributed by atoms with Gasteiger partial charge in [-0.15, -0.1) is 11.6 Å². The molecule has 4 nitrogen and oxygen atoms in total. The normalized spacial score (nSPS) is 10.3. The Morgan fingerprint density at radius 2 is 1.77 bits per heavy atom. The molecule has 0 atom stereocenters. The third-order valence-corrected chi connectivity index (χ3v) is 3.45. The number of ether oxygens (including phenoxy) is 2. The maximum atomic E-state index is 10.4. The predicted molar refractivity (Wildman–Crippen MR) is 85.6 cm³/mol. The third-order valence-electron chi connectivity index (χ3n) is 3.14. The second-order valence-corrected chi connectivity index (χ2v) is 5.25. The minimum Gasteiger partial charge on any atom is -0.489 e. The molecule has 1 aromatic heterocycles. The van der Waals surface area contributed by atoms with Crippen molar-refractivity contribution in [1.29, 1.82) is 0 Å². The number of halogens is 1. The summed E-state index contributed by atoms with van der Waals surface area (Å²) in [5.41, 5.74) is 3.80. The number of hydrogen-bond donors (Lipinski definition) is 0. The van der Waals surface area contributed by atoms with E-state index in [4.69, 9.17) is 21.1 Å². The summed E-state index contributed by atoms with van der Waals surface area (Å²) in [5, 5.41) is 0. The number of rotatable bonds is 7. The maximum Gasteiger partial charge on any atom is 0.157 e. The molecule has 0 unspecified atom stereocenters. The number of aldehydes is 1. The second kappa shape index (κ2) is 7.80. The molecule has 0 amide bonds. The van der Waals surface area contributed by atoms with Gasteiger partial charge in [0.15, 0.2) is 6.29 Å². The standard InChI is InChI=1S/C17H18ClNO3/c1-12-5-16(6-13(2)17(12)21-4-3-20)22-11-15-7-14(8-18)9-19-10-15/h3,5-7,9-10H,4,8,11H2,1-2H3. The lowest BCUT2D eigenvalue weighted by Gasteiger charge is -2.13. The number of aromatic nitrogens is 1. The van der Waals surface area contributed by atoms with E-state index < -0.39 is 0 Å². The van der Waals surface area contributed by atoms with E-state index in [1.54, 1.807) is 12.4 Å². The average molecular weight is 320 g/mol. The van der Waals surface area contributed by atoms with Crippen molar-refractivity contribution in [3.63, 3.8) is 0 Å². The molecule has 2 rings (SSSR count). The van der Waals surface area contributed by atoms with Gasteiger partial charge >= 0.3 is 0 Å². The number of hydrogen-bond acceptors (Lipinski definition) is 4. The number of carbonyl (C=O) groups is 1. The van der Waals surface area contributed by atoms with Crippen LogP contribution in [-0.4, -0.2) is 17.9 Å². The van der Waals surface area contributed by atoms with Crippen LogP contribution in [0.3, 0.4) is 0 Å². The molecule has 0 fully saturated rings. The first-order valence-electron chi connectivity index (χ1n) is 6.93. The highest BCUT2D eigenvalue weighted by molar-refractivity contribution is 6.17. The molecular weight excluding hydrogens is 302 g/mol. The van der Waals surface area contributed by atoms with E-state index in [0.717, 1.165) is 40.0 Å². The molecular formula is C17H18ClNO3. The molecule has 0 N–H and O–H groups in total. The van der Waals surface area contributed by atoms with Gasteiger partial charge < -0.3 is 9.47 Å². The van der Waals surface area contributed by atoms with Gasteiger partial charge in [-0.1, -0.05) is 0 Å². The predicted octanol–water partition coefficient (Wildman–Crippen LogP) is 3.59. The fraction of sp³-hybridized carbons (Fsp3) is 0.294. The lowest BCUT2D eigenvalue weighted by atomic mass is 10.1. The molecule has 0 spiro atoms. The first-order valence-corrected chi connectivity index (χ1v) is 7.46. The zero-order valence-corrected chi connectivity index (χ0v) is 13.4. The highest BCUT2D eigenvalue weighted by atomic mass is 35.5. The fourth-order valence-corrected chi connectivity index (χ4v) is 2.35. The fourth-order valence-electron chi connectivity index (χ4n) is 2.20. The number of pyridine rings is 1. The number of benzene rings is 1. The summed E-state index contributed by atoms with van der Waals surface area (Å²) in [5.74, 6) is 1.91. The molecule has 2 aromatic rings. The summed E-state index contributed by atoms with van der Waals surface area (Å²) in [4.78, 5) is 14.5. The lowest BCUT2D eigenvalue weighted by molar-refractivity contribution is -0.109. The van der Waals surface area contributed by atoms with Crippen LogP contribution in [0.25, 0.3) is 0 Å². The van der Waals surface area contributed by atoms with E-state index >= 15 is 0 Å². The third kappa shape index (κ3) is 4.21. The van der Waals surface area contributed by atoms with E-state index in [0.29, 0.717) is 12.5 Å². The van der Waals surface area contributed by atoms with Crippen molar-refractivity contribution < 1.29 is 14.3 Å². The van der Waals surface area contributed by atoms with Crippen LogP contribution in [-0.2, 0) is 17.3 Å². The van der Waals surface area contributed by atoms with Gasteiger partial charge in [0.05, 0.1) is 0 Å². The Morgan fingerprint density at radius 1 is 1.09 bits per heavy atom. The Balaban J connectivity index is 2.08. The van der Waals surface area contributed by atoms with E-state index in [1.807, 2.05) is 32.0 Å². The van der Waals surface area contributed by atoms with Crippen LogP contribution >= 0.6 is 11.6 Å². The highest BCUT2D eigenvalue weighted by Crippen LogP contribution is 2.28. The number of carbonyl (C=O) groups excluding carboxylic acids is 1. The maximum absolute atomic E-state index is 10.4. The number of nitrogens with zero attached hydrogens (tertiary/aromatic N) is 1. The van der Waals surface area contributed by atoms with Gasteiger partial charge in [0.25, 0.3) is 0 Å². The minimum atomic E-state index is 0.0543. The summed E-state index contributed by atoms with van der Waals surface area (Å²) < 4.78 is 11.2. The van der Waals surface area contributed by atoms with Gasteiger partial charge in [-0.3, -0.25) is 9.78 Å². The first kappa shape index (κ1) is 16.3. The molecule has 116 valence electrons. The molecule has 5 heteroatoms. The van der Waals surface area contributed by atoms with Crippen LogP contribution in [0.2, 0.25) is 0 Å². The molecule has 0 aliphatic rings. The van der Waals surface area contributed by atoms with E-state index in [-0.39, 0.29) is 6.61 Å². The van der Waals surface area contributed by atoms with Crippen molar-refractivity contribution in [3.05, 3.63) is 52.8 Å². The van der Waals surface area contributed by atoms with Crippen molar-refractivity contribution in [1.82, 2.24) is 4.98 Å². The number of alkyl halides is 1. The molecule has 0 aliphatic carbocycles. The average Bonchev–Trinajstić information content (AvgIpc) is 2.52. The molecule has 0 saturated heterocycles. The summed E-state index contributed by atoms with van der Waals surface area (Å²) >= 11 is 5.80. The smallest absolute Gasteiger partial charge is 0.157 e. The van der Waals surface area contributed by atoms with Gasteiger partial charge in [0.1, 0.15) is 24.7 Å². The summed E-state index contributed by atoms with van der Waals surface area (Å²) in [6.07, 6.45) is 4.24. The summed E-state index contributed by atoms with van der Waals surface area (Å²) in [6, 6.07) is 5.76. The van der Waals surface area contributed by atoms with E-state index in [1.165, 1.54) is 0 Å². The van der Waals surface area contributed by atoms with Gasteiger partial charge in [-0.25, -0.2) is 0 Å². The number of aryl methyl sites for hydroxylation is 2. The van der Waals surface area contributed by atoms with Crippen molar-refractivity contribution in [2.75, 3.05) is 6.61 Å². The van der Waals surface area contributed by atoms with E-state index in [2.05, 4.69) is 4.98 Å². The van der Waals surface area contributed by atoms with Gasteiger partial charge in [0, 0.05) is 23.8 Å². The summed E-state index contributed by atoms with van der Waals surface area (Å²) in [7, 11) is 0. The van der Waals surface area contributed by atoms with Gasteiger partial charge in [-0.05, 0) is 48.7 Å². The monoisotopic (exact) mass is 319 g/mol. The quantitative estimate of drug-likeness (QED) is 0.578. The van der Waals surface area contributed by atoms with Crippen LogP contribution in [0.4, 0.5) is 0 Å². The zero-order valence-electron chi connectivity index (χ0n) is 12.6. The second-order valence-electron chi connectivity index (χ2n) is 4.99. The van der Waals surface area contributed by atoms with Crippen LogP contribution < -0.4 is 9.47 Å². The van der Waals surface area contributed by atoms with Crippen molar-refractivity contribution >= 4 is 17.9 Å². The van der Waals surface area contributed by atoms with Crippen molar-refractivity contribution in [2.24, 2.45) is 0 Å². The van der Waals surface area contributed by atoms with Gasteiger partial charge in [-0.2, -0.15) is 0 Å². The first-order chi connectivity index (χ1) is 10.6. The Hall–Kier alpha value is -2.07. The van der Waals surface area contributed by atoms with Crippen LogP contribution in [0.15, 0.2) is 30.6 Å². The zero-order chi connectivity index (χ0) is 15.9. The minimum absolute atomic E-state index is 0.0543. The molecule has 0 aliphatic heterocycles. The Morgan fingerprint density at radius 3 is 2.41 bits per heavy atom. The van der Waals surface area contributed by atoms with Crippen molar-refractivity contribution in [2.45, 2.75) is 26.3 Å². The summed E-state index contributed by atoms with van der Waals surface area (Å²) in [6.45, 7) is 4.33. The Kier molecular flexibility index (Phi) is 5.78. The molecule has 0 radical (unpaired) electrons. The highest BCUT2D eigenvalue weighted by Gasteiger charge is 2.07. The van der Waals surface area contributed by atoms with E-state index in [9.17, 15) is 4.79 Å². The molecule has 0 saturated carbocycles. The SMILES string of the molecule is Cc1cc(OCc2cncc(CCl)c2)cc(C)c1OCC=O. The topological polar surface area (TPSA) is 48.4 Å². The van der Waals surface area contributed by atoms with Crippen LogP contribution in [0, 0.1) is 13.8 Å². The van der Waals surface area contributed by atoms with Crippen molar-refractivity contribution in [3.8, 4) is 11.5 Å². The largest absolute Gasteiger partial charge is 0.489 e. The molecule has 0 bridgehead atoms. The Labute approximate surface area is 135 Å². The lowest BCUT2D eigenvalue weighted by Crippen LogP contribution is -2.03.